The second-order valence-electron chi connectivity index (χ2n) is 7.00. The van der Waals surface area contributed by atoms with E-state index in [4.69, 9.17) is 0 Å². The Balaban J connectivity index is 2.09. The lowest BCUT2D eigenvalue weighted by Crippen LogP contribution is -2.27. The molecule has 6 nitrogen and oxygen atoms in total. The average Bonchev–Trinajstić information content (AvgIpc) is 2.68. The Hall–Kier alpha value is -3.15. The Labute approximate surface area is 164 Å². The number of halogens is 3. The van der Waals surface area contributed by atoms with E-state index in [2.05, 4.69) is 10.2 Å². The zero-order valence-corrected chi connectivity index (χ0v) is 15.7. The molecule has 0 amide bonds. The summed E-state index contributed by atoms with van der Waals surface area (Å²) in [4.78, 5) is 13.0. The Morgan fingerprint density at radius 1 is 1.21 bits per heavy atom. The highest BCUT2D eigenvalue weighted by Crippen LogP contribution is 2.35. The van der Waals surface area contributed by atoms with Crippen LogP contribution in [0.15, 0.2) is 39.3 Å². The SMILES string of the molecule is Cc1c(C#N)c(O)n(C2CCCCC2)c(=O)c1N=Nc1cccc(C(F)(F)F)c1. The highest BCUT2D eigenvalue weighted by Gasteiger charge is 2.30. The predicted octanol–water partition coefficient (Wildman–Crippen LogP) is 5.67. The van der Waals surface area contributed by atoms with Crippen molar-refractivity contribution in [1.82, 2.24) is 4.57 Å². The maximum absolute atomic E-state index is 13.0. The molecule has 0 aliphatic heterocycles. The van der Waals surface area contributed by atoms with Gasteiger partial charge in [-0.3, -0.25) is 9.36 Å². The summed E-state index contributed by atoms with van der Waals surface area (Å²) < 4.78 is 39.8. The molecule has 1 heterocycles. The molecule has 1 fully saturated rings. The molecule has 0 spiro atoms. The summed E-state index contributed by atoms with van der Waals surface area (Å²) in [7, 11) is 0. The molecule has 152 valence electrons. The summed E-state index contributed by atoms with van der Waals surface area (Å²) in [5.41, 5.74) is -1.68. The fraction of sp³-hybridized carbons (Fsp3) is 0.400. The van der Waals surface area contributed by atoms with Crippen molar-refractivity contribution < 1.29 is 18.3 Å². The topological polar surface area (TPSA) is 90.7 Å². The number of nitrogens with zero attached hydrogens (tertiary/aromatic N) is 4. The largest absolute Gasteiger partial charge is 0.493 e. The number of pyridine rings is 1. The van der Waals surface area contributed by atoms with Crippen molar-refractivity contribution in [2.75, 3.05) is 0 Å². The quantitative estimate of drug-likeness (QED) is 0.668. The van der Waals surface area contributed by atoms with Crippen molar-refractivity contribution in [2.24, 2.45) is 10.2 Å². The number of hydrogen-bond acceptors (Lipinski definition) is 5. The second-order valence-corrected chi connectivity index (χ2v) is 7.00. The lowest BCUT2D eigenvalue weighted by molar-refractivity contribution is -0.137. The Morgan fingerprint density at radius 2 is 1.90 bits per heavy atom. The van der Waals surface area contributed by atoms with Crippen LogP contribution in [0.3, 0.4) is 0 Å². The van der Waals surface area contributed by atoms with E-state index in [-0.39, 0.29) is 28.5 Å². The Bertz CT molecular complexity index is 1050. The van der Waals surface area contributed by atoms with Gasteiger partial charge in [0.25, 0.3) is 5.56 Å². The smallest absolute Gasteiger partial charge is 0.416 e. The van der Waals surface area contributed by atoms with Crippen LogP contribution in [0, 0.1) is 18.3 Å². The molecule has 29 heavy (non-hydrogen) atoms. The van der Waals surface area contributed by atoms with Gasteiger partial charge in [0.15, 0.2) is 5.69 Å². The van der Waals surface area contributed by atoms with Crippen LogP contribution >= 0.6 is 0 Å². The van der Waals surface area contributed by atoms with E-state index in [1.807, 2.05) is 6.07 Å². The number of rotatable bonds is 3. The lowest BCUT2D eigenvalue weighted by atomic mass is 9.94. The Morgan fingerprint density at radius 3 is 2.52 bits per heavy atom. The fourth-order valence-electron chi connectivity index (χ4n) is 3.56. The first-order valence-corrected chi connectivity index (χ1v) is 9.21. The van der Waals surface area contributed by atoms with Crippen molar-refractivity contribution in [3.05, 3.63) is 51.3 Å². The normalized spacial score (nSPS) is 15.6. The van der Waals surface area contributed by atoms with Gasteiger partial charge >= 0.3 is 6.18 Å². The van der Waals surface area contributed by atoms with Gasteiger partial charge in [-0.2, -0.15) is 23.5 Å². The summed E-state index contributed by atoms with van der Waals surface area (Å²) in [6.07, 6.45) is -0.329. The van der Waals surface area contributed by atoms with Gasteiger partial charge in [0, 0.05) is 11.6 Å². The van der Waals surface area contributed by atoms with Gasteiger partial charge in [-0.1, -0.05) is 25.3 Å². The van der Waals surface area contributed by atoms with E-state index in [9.17, 15) is 28.3 Å². The second kappa shape index (κ2) is 8.07. The highest BCUT2D eigenvalue weighted by atomic mass is 19.4. The lowest BCUT2D eigenvalue weighted by Gasteiger charge is -2.25. The number of alkyl halides is 3. The third kappa shape index (κ3) is 4.16. The molecular weight excluding hydrogens is 385 g/mol. The summed E-state index contributed by atoms with van der Waals surface area (Å²) in [5, 5.41) is 27.6. The first kappa shape index (κ1) is 20.6. The summed E-state index contributed by atoms with van der Waals surface area (Å²) in [5.74, 6) is -0.403. The van der Waals surface area contributed by atoms with Gasteiger partial charge in [0.05, 0.1) is 11.3 Å². The molecule has 1 aliphatic carbocycles. The molecule has 1 aromatic heterocycles. The zero-order valence-electron chi connectivity index (χ0n) is 15.7. The van der Waals surface area contributed by atoms with Crippen molar-refractivity contribution in [2.45, 2.75) is 51.2 Å². The van der Waals surface area contributed by atoms with Crippen LogP contribution in [-0.4, -0.2) is 9.67 Å². The van der Waals surface area contributed by atoms with Gasteiger partial charge < -0.3 is 5.11 Å². The molecule has 1 aliphatic rings. The molecule has 0 bridgehead atoms. The third-order valence-electron chi connectivity index (χ3n) is 5.09. The molecular formula is C20H19F3N4O2. The monoisotopic (exact) mass is 404 g/mol. The van der Waals surface area contributed by atoms with Crippen molar-refractivity contribution in [1.29, 1.82) is 5.26 Å². The summed E-state index contributed by atoms with van der Waals surface area (Å²) in [6.45, 7) is 1.45. The van der Waals surface area contributed by atoms with Crippen LogP contribution in [0.4, 0.5) is 24.5 Å². The number of aromatic hydroxyl groups is 1. The van der Waals surface area contributed by atoms with Gasteiger partial charge in [-0.05, 0) is 38.0 Å². The molecule has 1 N–H and O–H groups in total. The first-order valence-electron chi connectivity index (χ1n) is 9.21. The van der Waals surface area contributed by atoms with Crippen LogP contribution in [-0.2, 0) is 6.18 Å². The predicted molar refractivity (Wildman–Crippen MR) is 99.6 cm³/mol. The molecule has 3 rings (SSSR count). The molecule has 0 unspecified atom stereocenters. The van der Waals surface area contributed by atoms with Gasteiger partial charge in [0.1, 0.15) is 11.6 Å². The number of benzene rings is 1. The molecule has 0 radical (unpaired) electrons. The van der Waals surface area contributed by atoms with E-state index in [1.54, 1.807) is 0 Å². The fourth-order valence-corrected chi connectivity index (χ4v) is 3.56. The number of aromatic nitrogens is 1. The minimum absolute atomic E-state index is 0.0746. The van der Waals surface area contributed by atoms with Crippen molar-refractivity contribution in [3.8, 4) is 11.9 Å². The maximum Gasteiger partial charge on any atom is 0.416 e. The number of hydrogen-bond donors (Lipinski definition) is 1. The highest BCUT2D eigenvalue weighted by molar-refractivity contribution is 5.57. The average molecular weight is 404 g/mol. The van der Waals surface area contributed by atoms with Crippen molar-refractivity contribution >= 4 is 11.4 Å². The first-order chi connectivity index (χ1) is 13.7. The van der Waals surface area contributed by atoms with E-state index < -0.39 is 23.2 Å². The minimum atomic E-state index is -4.53. The third-order valence-corrected chi connectivity index (χ3v) is 5.09. The number of azo groups is 1. The summed E-state index contributed by atoms with van der Waals surface area (Å²) in [6, 6.07) is 5.88. The van der Waals surface area contributed by atoms with Gasteiger partial charge in [-0.25, -0.2) is 0 Å². The van der Waals surface area contributed by atoms with E-state index in [0.717, 1.165) is 31.4 Å². The van der Waals surface area contributed by atoms with Crippen LogP contribution in [0.5, 0.6) is 5.88 Å². The van der Waals surface area contributed by atoms with E-state index in [0.29, 0.717) is 12.8 Å². The zero-order chi connectivity index (χ0) is 21.2. The molecule has 2 aromatic rings. The molecule has 1 saturated carbocycles. The van der Waals surface area contributed by atoms with Gasteiger partial charge in [-0.15, -0.1) is 5.11 Å². The minimum Gasteiger partial charge on any atom is -0.493 e. The van der Waals surface area contributed by atoms with E-state index >= 15 is 0 Å². The van der Waals surface area contributed by atoms with Crippen LogP contribution in [0.25, 0.3) is 0 Å². The van der Waals surface area contributed by atoms with Crippen LogP contribution in [0.1, 0.15) is 54.8 Å². The Kier molecular flexibility index (Phi) is 5.73. The van der Waals surface area contributed by atoms with Crippen LogP contribution < -0.4 is 5.56 Å². The maximum atomic E-state index is 13.0. The molecule has 9 heteroatoms. The number of nitriles is 1. The molecule has 0 atom stereocenters. The summed E-state index contributed by atoms with van der Waals surface area (Å²) >= 11 is 0. The van der Waals surface area contributed by atoms with E-state index in [1.165, 1.54) is 23.6 Å². The van der Waals surface area contributed by atoms with Crippen molar-refractivity contribution in [3.63, 3.8) is 0 Å². The molecule has 1 aromatic carbocycles. The van der Waals surface area contributed by atoms with Crippen LogP contribution in [0.2, 0.25) is 0 Å². The molecule has 0 saturated heterocycles. The van der Waals surface area contributed by atoms with Gasteiger partial charge in [0.2, 0.25) is 5.88 Å². The standard InChI is InChI=1S/C20H19F3N4O2/c1-12-16(11-24)18(28)27(15-8-3-2-4-9-15)19(29)17(12)26-25-14-7-5-6-13(10-14)20(21,22)23/h5-7,10,15,28H,2-4,8-9H2,1H3.